The Bertz CT molecular complexity index is 3720. The van der Waals surface area contributed by atoms with Gasteiger partial charge in [-0.1, -0.05) is 80.6 Å². The zero-order valence-electron chi connectivity index (χ0n) is 41.5. The first-order chi connectivity index (χ1) is 36.2. The molecule has 0 fully saturated rings. The lowest BCUT2D eigenvalue weighted by atomic mass is 10.2. The summed E-state index contributed by atoms with van der Waals surface area (Å²) in [5.41, 5.74) is 6.49. The Balaban J connectivity index is 0.000000205. The Labute approximate surface area is 435 Å². The Kier molecular flexibility index (Phi) is 16.2. The fourth-order valence-corrected chi connectivity index (χ4v) is 10.1. The number of aromatic nitrogens is 4. The summed E-state index contributed by atoms with van der Waals surface area (Å²) in [6.45, 7) is 5.38. The number of carbonyl (C=O) groups is 3. The number of amides is 4. The fourth-order valence-electron chi connectivity index (χ4n) is 7.97. The highest BCUT2D eigenvalue weighted by atomic mass is 32.2. The largest absolute Gasteiger partial charge is 0.388 e. The summed E-state index contributed by atoms with van der Waals surface area (Å²) in [5.74, 6) is -0.0266. The van der Waals surface area contributed by atoms with E-state index in [0.717, 1.165) is 35.1 Å². The van der Waals surface area contributed by atoms with E-state index >= 15 is 0 Å². The summed E-state index contributed by atoms with van der Waals surface area (Å²) < 4.78 is 59.6. The summed E-state index contributed by atoms with van der Waals surface area (Å²) >= 11 is 0. The summed E-state index contributed by atoms with van der Waals surface area (Å²) in [5, 5.41) is 11.7. The molecular weight excluding hydrogens is 991 g/mol. The minimum absolute atomic E-state index is 0.121. The second-order valence-electron chi connectivity index (χ2n) is 17.1. The van der Waals surface area contributed by atoms with Gasteiger partial charge in [0, 0.05) is 66.7 Å². The minimum atomic E-state index is -3.81. The lowest BCUT2D eigenvalue weighted by Gasteiger charge is -2.18. The van der Waals surface area contributed by atoms with Gasteiger partial charge in [0.05, 0.1) is 31.9 Å². The Hall–Kier alpha value is -9.01. The first kappa shape index (κ1) is 52.3. The van der Waals surface area contributed by atoms with Gasteiger partial charge in [0.1, 0.15) is 0 Å². The van der Waals surface area contributed by atoms with Crippen LogP contribution in [0.1, 0.15) is 47.4 Å². The zero-order valence-corrected chi connectivity index (χ0v) is 43.1. The molecule has 4 amide bonds. The molecule has 0 radical (unpaired) electrons. The normalized spacial score (nSPS) is 11.3. The van der Waals surface area contributed by atoms with Crippen molar-refractivity contribution in [2.24, 2.45) is 0 Å². The van der Waals surface area contributed by atoms with Crippen molar-refractivity contribution >= 4 is 100 Å². The van der Waals surface area contributed by atoms with Crippen LogP contribution in [0.25, 0.3) is 22.1 Å². The average molecular weight is 1050 g/mol. The molecule has 0 unspecified atom stereocenters. The maximum Gasteiger partial charge on any atom is 0.326 e. The standard InChI is InChI=1S/C31H30N6O4S.C24H25N5O3S/c1-3-19-37-28-18-17-25(36(2)31(39)32-23-12-6-4-7-13-23)21-27(28)33-30(37)34-29(38)22-11-10-14-24(20-22)35-42(40,41)26-15-8-5-9-16-26;1-3-14-29-22-13-12-18(25-2)16-21(22)26-24(29)27-23(30)17-8-7-9-19(15-17)28-33(31,32)20-10-5-4-6-11-20/h4-18,20-21,35H,3,19H2,1-2H3,(H,32,39)(H,33,34,38);4-13,15-16,25,28H,3,14H2,1-2H3,(H,26,27,30). The summed E-state index contributed by atoms with van der Waals surface area (Å²) in [6, 6.07) is 48.9. The second kappa shape index (κ2) is 23.2. The Morgan fingerprint density at radius 3 is 1.40 bits per heavy atom. The third-order valence-electron chi connectivity index (χ3n) is 11.7. The van der Waals surface area contributed by atoms with Crippen LogP contribution in [0.5, 0.6) is 0 Å². The molecule has 18 nitrogen and oxygen atoms in total. The number of imidazole rings is 2. The van der Waals surface area contributed by atoms with Crippen LogP contribution in [-0.2, 0) is 33.1 Å². The molecule has 0 spiro atoms. The molecule has 9 rings (SSSR count). The van der Waals surface area contributed by atoms with E-state index in [0.29, 0.717) is 53.1 Å². The molecule has 75 heavy (non-hydrogen) atoms. The molecule has 0 aliphatic heterocycles. The molecule has 0 atom stereocenters. The van der Waals surface area contributed by atoms with Gasteiger partial charge in [-0.05, 0) is 122 Å². The molecule has 6 N–H and O–H groups in total. The van der Waals surface area contributed by atoms with Crippen LogP contribution < -0.4 is 35.6 Å². The highest BCUT2D eigenvalue weighted by molar-refractivity contribution is 7.93. The van der Waals surface area contributed by atoms with Crippen LogP contribution in [0.3, 0.4) is 0 Å². The summed E-state index contributed by atoms with van der Waals surface area (Å²) in [7, 11) is -4.06. The first-order valence-corrected chi connectivity index (χ1v) is 26.9. The Morgan fingerprint density at radius 1 is 0.493 bits per heavy atom. The number of nitrogens with one attached hydrogen (secondary N) is 6. The van der Waals surface area contributed by atoms with Gasteiger partial charge in [0.2, 0.25) is 11.9 Å². The maximum absolute atomic E-state index is 13.3. The molecule has 2 aromatic heterocycles. The molecule has 0 saturated carbocycles. The van der Waals surface area contributed by atoms with Gasteiger partial charge in [0.15, 0.2) is 0 Å². The molecule has 0 saturated heterocycles. The minimum Gasteiger partial charge on any atom is -0.388 e. The van der Waals surface area contributed by atoms with E-state index in [9.17, 15) is 31.2 Å². The number of aryl methyl sites for hydroxylation is 2. The summed E-state index contributed by atoms with van der Waals surface area (Å²) in [4.78, 5) is 50.1. The number of carbonyl (C=O) groups excluding carboxylic acids is 3. The molecule has 384 valence electrons. The van der Waals surface area contributed by atoms with Gasteiger partial charge in [-0.2, -0.15) is 0 Å². The number of hydrogen-bond donors (Lipinski definition) is 6. The van der Waals surface area contributed by atoms with Crippen LogP contribution in [0.2, 0.25) is 0 Å². The number of rotatable bonds is 17. The van der Waals surface area contributed by atoms with Crippen molar-refractivity contribution in [1.29, 1.82) is 0 Å². The first-order valence-electron chi connectivity index (χ1n) is 23.9. The van der Waals surface area contributed by atoms with Crippen LogP contribution in [0, 0.1) is 0 Å². The highest BCUT2D eigenvalue weighted by Gasteiger charge is 2.21. The van der Waals surface area contributed by atoms with Crippen molar-refractivity contribution in [2.75, 3.05) is 49.7 Å². The van der Waals surface area contributed by atoms with Crippen LogP contribution in [0.4, 0.5) is 45.1 Å². The zero-order chi connectivity index (χ0) is 53.1. The van der Waals surface area contributed by atoms with E-state index in [-0.39, 0.29) is 33.0 Å². The molecule has 0 aliphatic carbocycles. The quantitative estimate of drug-likeness (QED) is 0.0505. The third-order valence-corrected chi connectivity index (χ3v) is 14.5. The van der Waals surface area contributed by atoms with Gasteiger partial charge >= 0.3 is 6.03 Å². The van der Waals surface area contributed by atoms with E-state index in [2.05, 4.69) is 47.6 Å². The van der Waals surface area contributed by atoms with Crippen molar-refractivity contribution in [1.82, 2.24) is 19.1 Å². The van der Waals surface area contributed by atoms with E-state index in [1.165, 1.54) is 41.3 Å². The number of para-hydroxylation sites is 1. The van der Waals surface area contributed by atoms with Crippen LogP contribution in [0.15, 0.2) is 186 Å². The lowest BCUT2D eigenvalue weighted by Crippen LogP contribution is -2.31. The lowest BCUT2D eigenvalue weighted by molar-refractivity contribution is 0.101. The van der Waals surface area contributed by atoms with Gasteiger partial charge in [-0.15, -0.1) is 0 Å². The van der Waals surface area contributed by atoms with Crippen LogP contribution in [-0.4, -0.2) is 67.9 Å². The molecule has 2 heterocycles. The predicted molar refractivity (Wildman–Crippen MR) is 297 cm³/mol. The molecular formula is C55H55N11O7S2. The number of benzene rings is 7. The van der Waals surface area contributed by atoms with Gasteiger partial charge in [-0.25, -0.2) is 31.6 Å². The number of hydrogen-bond acceptors (Lipinski definition) is 10. The van der Waals surface area contributed by atoms with E-state index in [4.69, 9.17) is 0 Å². The van der Waals surface area contributed by atoms with E-state index in [1.54, 1.807) is 85.9 Å². The van der Waals surface area contributed by atoms with Gasteiger partial charge < -0.3 is 19.8 Å². The van der Waals surface area contributed by atoms with E-state index < -0.39 is 26.0 Å². The number of sulfonamides is 2. The van der Waals surface area contributed by atoms with Gasteiger partial charge in [0.25, 0.3) is 31.9 Å². The van der Waals surface area contributed by atoms with Crippen molar-refractivity contribution in [3.8, 4) is 0 Å². The van der Waals surface area contributed by atoms with Crippen molar-refractivity contribution in [3.63, 3.8) is 0 Å². The second-order valence-corrected chi connectivity index (χ2v) is 20.4. The molecule has 9 aromatic rings. The number of anilines is 7. The fraction of sp³-hybridized carbons (Fsp3) is 0.145. The highest BCUT2D eigenvalue weighted by Crippen LogP contribution is 2.28. The number of fused-ring (bicyclic) bond motifs is 2. The summed E-state index contributed by atoms with van der Waals surface area (Å²) in [6.07, 6.45) is 1.67. The SMILES string of the molecule is CCCn1c(NC(=O)c2cccc(NS(=O)(=O)c3ccccc3)c2)nc2cc(N(C)C(=O)Nc3ccccc3)ccc21.CCCn1c(NC(=O)c2cccc(NS(=O)(=O)c3ccccc3)c2)nc2cc(NC)ccc21. The topological polar surface area (TPSA) is 231 Å². The monoisotopic (exact) mass is 1050 g/mol. The average Bonchev–Trinajstić information content (AvgIpc) is 3.94. The molecule has 20 heteroatoms. The predicted octanol–water partition coefficient (Wildman–Crippen LogP) is 10.7. The van der Waals surface area contributed by atoms with Crippen molar-refractivity contribution < 1.29 is 31.2 Å². The van der Waals surface area contributed by atoms with Crippen LogP contribution >= 0.6 is 0 Å². The van der Waals surface area contributed by atoms with E-state index in [1.807, 2.05) is 83.8 Å². The Morgan fingerprint density at radius 2 is 0.933 bits per heavy atom. The smallest absolute Gasteiger partial charge is 0.326 e. The van der Waals surface area contributed by atoms with Gasteiger partial charge in [-0.3, -0.25) is 34.6 Å². The molecule has 0 bridgehead atoms. The number of urea groups is 1. The third kappa shape index (κ3) is 12.6. The van der Waals surface area contributed by atoms with Crippen molar-refractivity contribution in [3.05, 3.63) is 187 Å². The van der Waals surface area contributed by atoms with Crippen molar-refractivity contribution in [2.45, 2.75) is 49.6 Å². The number of nitrogens with zero attached hydrogens (tertiary/aromatic N) is 5. The maximum atomic E-state index is 13.3. The molecule has 7 aromatic carbocycles. The molecule has 0 aliphatic rings.